The molecule has 4 nitrogen and oxygen atoms in total. The summed E-state index contributed by atoms with van der Waals surface area (Å²) >= 11 is 0. The van der Waals surface area contributed by atoms with E-state index in [9.17, 15) is 4.79 Å². The molecule has 0 heterocycles. The zero-order chi connectivity index (χ0) is 12.4. The summed E-state index contributed by atoms with van der Waals surface area (Å²) in [6, 6.07) is 0. The van der Waals surface area contributed by atoms with Crippen molar-refractivity contribution in [2.24, 2.45) is 0 Å². The van der Waals surface area contributed by atoms with E-state index >= 15 is 0 Å². The van der Waals surface area contributed by atoms with Crippen LogP contribution in [0.25, 0.3) is 0 Å². The topological polar surface area (TPSA) is 44.8 Å². The van der Waals surface area contributed by atoms with E-state index in [1.807, 2.05) is 20.8 Å². The lowest BCUT2D eigenvalue weighted by Crippen LogP contribution is -2.27. The van der Waals surface area contributed by atoms with Crippen LogP contribution in [-0.4, -0.2) is 38.0 Å². The fourth-order valence-electron chi connectivity index (χ4n) is 1.54. The molecule has 0 N–H and O–H groups in total. The van der Waals surface area contributed by atoms with Gasteiger partial charge in [-0.05, 0) is 27.7 Å². The molecule has 1 atom stereocenters. The van der Waals surface area contributed by atoms with Crippen molar-refractivity contribution in [2.45, 2.75) is 52.9 Å². The molecule has 1 unspecified atom stereocenters. The molecule has 0 bridgehead atoms. The number of ether oxygens (including phenoxy) is 3. The van der Waals surface area contributed by atoms with Crippen molar-refractivity contribution in [3.8, 4) is 0 Å². The molecule has 0 fully saturated rings. The predicted octanol–water partition coefficient (Wildman–Crippen LogP) is 2.16. The van der Waals surface area contributed by atoms with Crippen molar-refractivity contribution in [1.82, 2.24) is 0 Å². The van der Waals surface area contributed by atoms with Crippen LogP contribution in [0.5, 0.6) is 0 Å². The number of carbonyl (C=O) groups is 1. The normalized spacial score (nSPS) is 13.1. The van der Waals surface area contributed by atoms with Crippen LogP contribution < -0.4 is 0 Å². The minimum absolute atomic E-state index is 0.106. The van der Waals surface area contributed by atoms with Crippen LogP contribution in [0.15, 0.2) is 0 Å². The smallest absolute Gasteiger partial charge is 0.160 e. The van der Waals surface area contributed by atoms with Crippen LogP contribution >= 0.6 is 0 Å². The van der Waals surface area contributed by atoms with Gasteiger partial charge in [-0.25, -0.2) is 0 Å². The summed E-state index contributed by atoms with van der Waals surface area (Å²) in [5, 5.41) is 0. The average molecular weight is 232 g/mol. The minimum atomic E-state index is -0.272. The monoisotopic (exact) mass is 232 g/mol. The quantitative estimate of drug-likeness (QED) is 0.541. The molecule has 0 rings (SSSR count). The highest BCUT2D eigenvalue weighted by Crippen LogP contribution is 2.12. The van der Waals surface area contributed by atoms with Crippen LogP contribution in [0.1, 0.15) is 40.5 Å². The average Bonchev–Trinajstić information content (AvgIpc) is 2.17. The second-order valence-electron chi connectivity index (χ2n) is 3.56. The van der Waals surface area contributed by atoms with E-state index in [1.54, 1.807) is 6.92 Å². The Bertz CT molecular complexity index is 176. The summed E-state index contributed by atoms with van der Waals surface area (Å²) in [4.78, 5) is 11.1. The van der Waals surface area contributed by atoms with E-state index in [1.165, 1.54) is 0 Å². The second kappa shape index (κ2) is 9.75. The molecular formula is C12H24O4. The Morgan fingerprint density at radius 1 is 1.00 bits per heavy atom. The third kappa shape index (κ3) is 7.79. The minimum Gasteiger partial charge on any atom is -0.378 e. The summed E-state index contributed by atoms with van der Waals surface area (Å²) in [6.07, 6.45) is 0.649. The summed E-state index contributed by atoms with van der Waals surface area (Å²) in [7, 11) is 0. The van der Waals surface area contributed by atoms with Crippen LogP contribution in [-0.2, 0) is 19.0 Å². The Morgan fingerprint density at radius 3 is 1.88 bits per heavy atom. The first-order valence-electron chi connectivity index (χ1n) is 5.98. The van der Waals surface area contributed by atoms with Gasteiger partial charge in [-0.2, -0.15) is 0 Å². The van der Waals surface area contributed by atoms with Gasteiger partial charge >= 0.3 is 0 Å². The van der Waals surface area contributed by atoms with E-state index < -0.39 is 0 Å². The van der Waals surface area contributed by atoms with Crippen molar-refractivity contribution in [1.29, 1.82) is 0 Å². The second-order valence-corrected chi connectivity index (χ2v) is 3.56. The Labute approximate surface area is 98.3 Å². The van der Waals surface area contributed by atoms with Crippen molar-refractivity contribution < 1.29 is 19.0 Å². The van der Waals surface area contributed by atoms with Crippen molar-refractivity contribution in [3.05, 3.63) is 0 Å². The van der Waals surface area contributed by atoms with Gasteiger partial charge in [0.2, 0.25) is 0 Å². The molecule has 0 aliphatic rings. The molecular weight excluding hydrogens is 208 g/mol. The van der Waals surface area contributed by atoms with Crippen LogP contribution in [0.3, 0.4) is 0 Å². The number of hydrogen-bond acceptors (Lipinski definition) is 4. The molecule has 0 saturated carbocycles. The maximum absolute atomic E-state index is 11.1. The summed E-state index contributed by atoms with van der Waals surface area (Å²) < 4.78 is 16.3. The third-order valence-electron chi connectivity index (χ3n) is 2.08. The maximum Gasteiger partial charge on any atom is 0.160 e. The predicted molar refractivity (Wildman–Crippen MR) is 62.4 cm³/mol. The Balaban J connectivity index is 4.13. The zero-order valence-corrected chi connectivity index (χ0v) is 10.8. The van der Waals surface area contributed by atoms with Gasteiger partial charge in [-0.3, -0.25) is 4.79 Å². The third-order valence-corrected chi connectivity index (χ3v) is 2.08. The van der Waals surface area contributed by atoms with Crippen LogP contribution in [0, 0.1) is 0 Å². The molecule has 4 heteroatoms. The molecule has 0 saturated heterocycles. The number of rotatable bonds is 10. The van der Waals surface area contributed by atoms with E-state index in [-0.39, 0.29) is 18.2 Å². The Kier molecular flexibility index (Phi) is 9.48. The lowest BCUT2D eigenvalue weighted by Gasteiger charge is -2.22. The summed E-state index contributed by atoms with van der Waals surface area (Å²) in [5.74, 6) is 0.130. The molecule has 0 aliphatic heterocycles. The van der Waals surface area contributed by atoms with E-state index in [0.29, 0.717) is 32.7 Å². The van der Waals surface area contributed by atoms with Gasteiger partial charge in [0.1, 0.15) is 5.78 Å². The summed E-state index contributed by atoms with van der Waals surface area (Å²) in [6.45, 7) is 9.14. The highest BCUT2D eigenvalue weighted by Gasteiger charge is 2.18. The van der Waals surface area contributed by atoms with Gasteiger partial charge in [0, 0.05) is 32.7 Å². The van der Waals surface area contributed by atoms with E-state index in [4.69, 9.17) is 14.2 Å². The first-order chi connectivity index (χ1) is 7.63. The van der Waals surface area contributed by atoms with E-state index in [0.717, 1.165) is 0 Å². The van der Waals surface area contributed by atoms with Gasteiger partial charge in [-0.15, -0.1) is 0 Å². The fourth-order valence-corrected chi connectivity index (χ4v) is 1.54. The lowest BCUT2D eigenvalue weighted by molar-refractivity contribution is -0.158. The van der Waals surface area contributed by atoms with E-state index in [2.05, 4.69) is 0 Å². The van der Waals surface area contributed by atoms with Crippen molar-refractivity contribution in [3.63, 3.8) is 0 Å². The number of carbonyl (C=O) groups excluding carboxylic acids is 1. The number of Topliss-reactive ketones (excluding diaryl/α,β-unsaturated/α-hetero) is 1. The first kappa shape index (κ1) is 15.6. The lowest BCUT2D eigenvalue weighted by atomic mass is 10.1. The van der Waals surface area contributed by atoms with Crippen LogP contribution in [0.2, 0.25) is 0 Å². The molecule has 0 aliphatic carbocycles. The van der Waals surface area contributed by atoms with Gasteiger partial charge in [-0.1, -0.05) is 0 Å². The fraction of sp³-hybridized carbons (Fsp3) is 0.917. The first-order valence-corrected chi connectivity index (χ1v) is 5.98. The molecule has 0 aromatic carbocycles. The van der Waals surface area contributed by atoms with Gasteiger partial charge in [0.15, 0.2) is 6.29 Å². The molecule has 0 aromatic rings. The van der Waals surface area contributed by atoms with Gasteiger partial charge in [0.05, 0.1) is 6.10 Å². The molecule has 0 radical (unpaired) electrons. The molecule has 0 aromatic heterocycles. The molecule has 0 amide bonds. The van der Waals surface area contributed by atoms with Gasteiger partial charge < -0.3 is 14.2 Å². The summed E-state index contributed by atoms with van der Waals surface area (Å²) in [5.41, 5.74) is 0. The SMILES string of the molecule is CCOC(CC(C)=O)CC(OCC)OCC. The molecule has 0 spiro atoms. The van der Waals surface area contributed by atoms with Gasteiger partial charge in [0.25, 0.3) is 0 Å². The highest BCUT2D eigenvalue weighted by atomic mass is 16.7. The Hall–Kier alpha value is -0.450. The van der Waals surface area contributed by atoms with Crippen LogP contribution in [0.4, 0.5) is 0 Å². The number of ketones is 1. The molecule has 16 heavy (non-hydrogen) atoms. The van der Waals surface area contributed by atoms with Crippen molar-refractivity contribution in [2.75, 3.05) is 19.8 Å². The number of hydrogen-bond donors (Lipinski definition) is 0. The Morgan fingerprint density at radius 2 is 1.50 bits per heavy atom. The largest absolute Gasteiger partial charge is 0.378 e. The molecule has 96 valence electrons. The maximum atomic E-state index is 11.1. The standard InChI is InChI=1S/C12H24O4/c1-5-14-11(8-10(4)13)9-12(15-6-2)16-7-3/h11-12H,5-9H2,1-4H3. The van der Waals surface area contributed by atoms with Crippen molar-refractivity contribution >= 4 is 5.78 Å². The highest BCUT2D eigenvalue weighted by molar-refractivity contribution is 5.75. The zero-order valence-electron chi connectivity index (χ0n) is 10.8.